The zero-order chi connectivity index (χ0) is 14.8. The van der Waals surface area contributed by atoms with Crippen LogP contribution in [-0.2, 0) is 6.54 Å². The number of aromatic nitrogens is 1. The van der Waals surface area contributed by atoms with Crippen molar-refractivity contribution in [3.63, 3.8) is 0 Å². The van der Waals surface area contributed by atoms with Gasteiger partial charge in [0.25, 0.3) is 0 Å². The molecule has 1 saturated heterocycles. The molecule has 4 nitrogen and oxygen atoms in total. The molecule has 5 heteroatoms. The number of nitrogens with zero attached hydrogens (tertiary/aromatic N) is 2. The second-order valence-corrected chi connectivity index (χ2v) is 5.95. The molecule has 1 fully saturated rings. The van der Waals surface area contributed by atoms with Gasteiger partial charge in [0.15, 0.2) is 0 Å². The smallest absolute Gasteiger partial charge is 0.226 e. The third-order valence-corrected chi connectivity index (χ3v) is 3.80. The molecule has 1 aliphatic rings. The fraction of sp³-hybridized carbons (Fsp3) is 0.438. The SMILES string of the molecule is CC1CC(N)CN(Cc2coc(-c3ccc(F)cc3)n2)C1. The highest BCUT2D eigenvalue weighted by Crippen LogP contribution is 2.21. The van der Waals surface area contributed by atoms with Gasteiger partial charge in [-0.2, -0.15) is 0 Å². The minimum absolute atomic E-state index is 0.234. The highest BCUT2D eigenvalue weighted by molar-refractivity contribution is 5.52. The molecular formula is C16H20FN3O. The summed E-state index contributed by atoms with van der Waals surface area (Å²) in [7, 11) is 0. The first-order valence-corrected chi connectivity index (χ1v) is 7.28. The van der Waals surface area contributed by atoms with Crippen LogP contribution in [-0.4, -0.2) is 29.0 Å². The van der Waals surface area contributed by atoms with E-state index < -0.39 is 0 Å². The van der Waals surface area contributed by atoms with Crippen molar-refractivity contribution in [2.24, 2.45) is 11.7 Å². The van der Waals surface area contributed by atoms with Crippen molar-refractivity contribution in [3.8, 4) is 11.5 Å². The molecule has 2 atom stereocenters. The fourth-order valence-electron chi connectivity index (χ4n) is 2.98. The standard InChI is InChI=1S/C16H20FN3O/c1-11-6-14(18)8-20(7-11)9-15-10-21-16(19-15)12-2-4-13(17)5-3-12/h2-5,10-11,14H,6-9,18H2,1H3. The Labute approximate surface area is 123 Å². The number of likely N-dealkylation sites (tertiary alicyclic amines) is 1. The first-order valence-electron chi connectivity index (χ1n) is 7.28. The van der Waals surface area contributed by atoms with Gasteiger partial charge in [-0.05, 0) is 36.6 Å². The summed E-state index contributed by atoms with van der Waals surface area (Å²) < 4.78 is 18.4. The molecular weight excluding hydrogens is 269 g/mol. The van der Waals surface area contributed by atoms with Crippen molar-refractivity contribution >= 4 is 0 Å². The predicted molar refractivity (Wildman–Crippen MR) is 78.9 cm³/mol. The molecule has 0 spiro atoms. The Bertz CT molecular complexity index is 586. The molecule has 2 N–H and O–H groups in total. The number of benzene rings is 1. The largest absolute Gasteiger partial charge is 0.444 e. The van der Waals surface area contributed by atoms with E-state index in [0.717, 1.165) is 37.3 Å². The highest BCUT2D eigenvalue weighted by atomic mass is 19.1. The van der Waals surface area contributed by atoms with Crippen LogP contribution in [0.25, 0.3) is 11.5 Å². The molecule has 112 valence electrons. The summed E-state index contributed by atoms with van der Waals surface area (Å²) in [6.07, 6.45) is 2.75. The van der Waals surface area contributed by atoms with Crippen molar-refractivity contribution in [2.45, 2.75) is 25.9 Å². The number of nitrogens with two attached hydrogens (primary N) is 1. The van der Waals surface area contributed by atoms with Crippen molar-refractivity contribution in [2.75, 3.05) is 13.1 Å². The predicted octanol–water partition coefficient (Wildman–Crippen LogP) is 2.65. The van der Waals surface area contributed by atoms with Crippen LogP contribution in [0.1, 0.15) is 19.0 Å². The first kappa shape index (κ1) is 14.2. The molecule has 0 saturated carbocycles. The lowest BCUT2D eigenvalue weighted by Crippen LogP contribution is -2.45. The number of oxazole rings is 1. The maximum absolute atomic E-state index is 12.9. The Hall–Kier alpha value is -1.72. The second-order valence-electron chi connectivity index (χ2n) is 5.95. The Morgan fingerprint density at radius 2 is 2.10 bits per heavy atom. The van der Waals surface area contributed by atoms with Crippen LogP contribution in [0.4, 0.5) is 4.39 Å². The fourth-order valence-corrected chi connectivity index (χ4v) is 2.98. The molecule has 1 aliphatic heterocycles. The van der Waals surface area contributed by atoms with Crippen molar-refractivity contribution in [1.29, 1.82) is 0 Å². The van der Waals surface area contributed by atoms with Crippen molar-refractivity contribution in [1.82, 2.24) is 9.88 Å². The average Bonchev–Trinajstić information content (AvgIpc) is 2.87. The van der Waals surface area contributed by atoms with E-state index in [0.29, 0.717) is 11.8 Å². The quantitative estimate of drug-likeness (QED) is 0.944. The van der Waals surface area contributed by atoms with Gasteiger partial charge < -0.3 is 10.2 Å². The van der Waals surface area contributed by atoms with E-state index in [1.165, 1.54) is 12.1 Å². The van der Waals surface area contributed by atoms with Crippen LogP contribution >= 0.6 is 0 Å². The third-order valence-electron chi connectivity index (χ3n) is 3.80. The zero-order valence-electron chi connectivity index (χ0n) is 12.1. The van der Waals surface area contributed by atoms with Gasteiger partial charge in [-0.1, -0.05) is 6.92 Å². The van der Waals surface area contributed by atoms with Crippen molar-refractivity contribution < 1.29 is 8.81 Å². The molecule has 0 aliphatic carbocycles. The summed E-state index contributed by atoms with van der Waals surface area (Å²) in [6.45, 7) is 4.89. The van der Waals surface area contributed by atoms with E-state index in [2.05, 4.69) is 16.8 Å². The summed E-state index contributed by atoms with van der Waals surface area (Å²) in [5.41, 5.74) is 7.73. The summed E-state index contributed by atoms with van der Waals surface area (Å²) in [6, 6.07) is 6.39. The Morgan fingerprint density at radius 3 is 2.81 bits per heavy atom. The second kappa shape index (κ2) is 5.95. The van der Waals surface area contributed by atoms with E-state index in [4.69, 9.17) is 10.2 Å². The topological polar surface area (TPSA) is 55.3 Å². The molecule has 2 aromatic rings. The molecule has 3 rings (SSSR count). The van der Waals surface area contributed by atoms with Gasteiger partial charge in [0.1, 0.15) is 12.1 Å². The lowest BCUT2D eigenvalue weighted by Gasteiger charge is -2.34. The number of hydrogen-bond donors (Lipinski definition) is 1. The van der Waals surface area contributed by atoms with Crippen LogP contribution in [0, 0.1) is 11.7 Å². The van der Waals surface area contributed by atoms with Gasteiger partial charge in [-0.25, -0.2) is 9.37 Å². The monoisotopic (exact) mass is 289 g/mol. The minimum Gasteiger partial charge on any atom is -0.444 e. The zero-order valence-corrected chi connectivity index (χ0v) is 12.1. The Morgan fingerprint density at radius 1 is 1.33 bits per heavy atom. The van der Waals surface area contributed by atoms with Gasteiger partial charge in [0.2, 0.25) is 5.89 Å². The number of halogens is 1. The molecule has 0 radical (unpaired) electrons. The molecule has 1 aromatic carbocycles. The summed E-state index contributed by atoms with van der Waals surface area (Å²) in [5.74, 6) is 0.874. The van der Waals surface area contributed by atoms with E-state index in [-0.39, 0.29) is 11.9 Å². The van der Waals surface area contributed by atoms with Gasteiger partial charge >= 0.3 is 0 Å². The number of rotatable bonds is 3. The van der Waals surface area contributed by atoms with Gasteiger partial charge in [-0.15, -0.1) is 0 Å². The number of hydrogen-bond acceptors (Lipinski definition) is 4. The maximum Gasteiger partial charge on any atom is 0.226 e. The lowest BCUT2D eigenvalue weighted by molar-refractivity contribution is 0.157. The molecule has 21 heavy (non-hydrogen) atoms. The summed E-state index contributed by atoms with van der Waals surface area (Å²) >= 11 is 0. The van der Waals surface area contributed by atoms with Crippen LogP contribution in [0.3, 0.4) is 0 Å². The van der Waals surface area contributed by atoms with E-state index >= 15 is 0 Å². The highest BCUT2D eigenvalue weighted by Gasteiger charge is 2.23. The van der Waals surface area contributed by atoms with Crippen LogP contribution < -0.4 is 5.73 Å². The summed E-state index contributed by atoms with van der Waals surface area (Å²) in [5, 5.41) is 0. The van der Waals surface area contributed by atoms with E-state index in [1.807, 2.05) is 0 Å². The molecule has 1 aromatic heterocycles. The van der Waals surface area contributed by atoms with Crippen LogP contribution in [0.2, 0.25) is 0 Å². The van der Waals surface area contributed by atoms with Gasteiger partial charge in [-0.3, -0.25) is 4.90 Å². The maximum atomic E-state index is 12.9. The van der Waals surface area contributed by atoms with Crippen LogP contribution in [0.15, 0.2) is 34.9 Å². The lowest BCUT2D eigenvalue weighted by atomic mass is 9.96. The average molecular weight is 289 g/mol. The molecule has 2 heterocycles. The van der Waals surface area contributed by atoms with Gasteiger partial charge in [0, 0.05) is 31.2 Å². The Balaban J connectivity index is 1.69. The summed E-state index contributed by atoms with van der Waals surface area (Å²) in [4.78, 5) is 6.79. The molecule has 0 bridgehead atoms. The third kappa shape index (κ3) is 3.49. The minimum atomic E-state index is -0.262. The Kier molecular flexibility index (Phi) is 4.03. The first-order chi connectivity index (χ1) is 10.1. The van der Waals surface area contributed by atoms with E-state index in [1.54, 1.807) is 18.4 Å². The van der Waals surface area contributed by atoms with E-state index in [9.17, 15) is 4.39 Å². The molecule has 2 unspecified atom stereocenters. The number of piperidine rings is 1. The normalized spacial score (nSPS) is 23.4. The van der Waals surface area contributed by atoms with Gasteiger partial charge in [0.05, 0.1) is 5.69 Å². The molecule has 0 amide bonds. The van der Waals surface area contributed by atoms with Crippen molar-refractivity contribution in [3.05, 3.63) is 42.0 Å². The van der Waals surface area contributed by atoms with Crippen LogP contribution in [0.5, 0.6) is 0 Å².